The molecular formula is C23H34N2O3. The van der Waals surface area contributed by atoms with E-state index in [1.807, 2.05) is 37.3 Å². The first-order valence-corrected chi connectivity index (χ1v) is 10.3. The van der Waals surface area contributed by atoms with Crippen LogP contribution >= 0.6 is 0 Å². The van der Waals surface area contributed by atoms with Gasteiger partial charge in [0.1, 0.15) is 0 Å². The quantitative estimate of drug-likeness (QED) is 0.351. The topological polar surface area (TPSA) is 49.9 Å². The Balaban J connectivity index is 1.91. The molecule has 154 valence electrons. The lowest BCUT2D eigenvalue weighted by Gasteiger charge is -2.24. The van der Waals surface area contributed by atoms with E-state index < -0.39 is 0 Å². The average molecular weight is 387 g/mol. The van der Waals surface area contributed by atoms with Crippen LogP contribution < -0.4 is 0 Å². The average Bonchev–Trinajstić information content (AvgIpc) is 3.22. The van der Waals surface area contributed by atoms with E-state index in [0.29, 0.717) is 13.1 Å². The molecule has 1 heterocycles. The van der Waals surface area contributed by atoms with Crippen molar-refractivity contribution in [1.82, 2.24) is 9.80 Å². The SMILES string of the molecule is COC(=O)C(C)CN(CCCCN1CCCC1)C(=O)/C=C/c1ccc(C)cc1. The Morgan fingerprint density at radius 2 is 1.86 bits per heavy atom. The molecule has 1 fully saturated rings. The standard InChI is InChI=1S/C23H34N2O3/c1-19-8-10-21(11-9-19)12-13-22(26)25(18-20(2)23(27)28-3)17-7-6-16-24-14-4-5-15-24/h8-13,20H,4-7,14-18H2,1-3H3/b13-12+. The lowest BCUT2D eigenvalue weighted by atomic mass is 10.1. The van der Waals surface area contributed by atoms with E-state index in [-0.39, 0.29) is 17.8 Å². The molecule has 1 unspecified atom stereocenters. The molecule has 1 aromatic carbocycles. The number of amides is 1. The number of likely N-dealkylation sites (tertiary alicyclic amines) is 1. The second-order valence-electron chi connectivity index (χ2n) is 7.71. The van der Waals surface area contributed by atoms with E-state index >= 15 is 0 Å². The molecule has 0 saturated carbocycles. The number of unbranched alkanes of at least 4 members (excludes halogenated alkanes) is 1. The van der Waals surface area contributed by atoms with Gasteiger partial charge in [-0.3, -0.25) is 9.59 Å². The van der Waals surface area contributed by atoms with Gasteiger partial charge in [-0.25, -0.2) is 0 Å². The monoisotopic (exact) mass is 386 g/mol. The van der Waals surface area contributed by atoms with Gasteiger partial charge in [0.2, 0.25) is 5.91 Å². The van der Waals surface area contributed by atoms with Gasteiger partial charge in [-0.1, -0.05) is 36.8 Å². The summed E-state index contributed by atoms with van der Waals surface area (Å²) in [6, 6.07) is 8.05. The molecule has 5 nitrogen and oxygen atoms in total. The van der Waals surface area contributed by atoms with Gasteiger partial charge in [0.05, 0.1) is 13.0 Å². The highest BCUT2D eigenvalue weighted by Crippen LogP contribution is 2.11. The first-order chi connectivity index (χ1) is 13.5. The third-order valence-electron chi connectivity index (χ3n) is 5.26. The predicted octanol–water partition coefficient (Wildman–Crippen LogP) is 3.52. The number of ether oxygens (including phenoxy) is 1. The van der Waals surface area contributed by atoms with E-state index in [1.54, 1.807) is 17.9 Å². The van der Waals surface area contributed by atoms with Crippen LogP contribution in [-0.2, 0) is 14.3 Å². The number of rotatable bonds is 10. The molecule has 0 bridgehead atoms. The van der Waals surface area contributed by atoms with Gasteiger partial charge in [0.25, 0.3) is 0 Å². The zero-order valence-corrected chi connectivity index (χ0v) is 17.5. The molecule has 1 atom stereocenters. The second-order valence-corrected chi connectivity index (χ2v) is 7.71. The molecule has 1 saturated heterocycles. The van der Waals surface area contributed by atoms with Crippen molar-refractivity contribution in [1.29, 1.82) is 0 Å². The van der Waals surface area contributed by atoms with Crippen LogP contribution in [0.1, 0.15) is 43.7 Å². The van der Waals surface area contributed by atoms with Crippen molar-refractivity contribution < 1.29 is 14.3 Å². The van der Waals surface area contributed by atoms with E-state index in [4.69, 9.17) is 4.74 Å². The molecule has 0 radical (unpaired) electrons. The molecule has 0 N–H and O–H groups in total. The van der Waals surface area contributed by atoms with Crippen molar-refractivity contribution in [2.75, 3.05) is 39.8 Å². The molecule has 5 heteroatoms. The molecule has 1 aliphatic heterocycles. The zero-order chi connectivity index (χ0) is 20.4. The second kappa shape index (κ2) is 11.6. The van der Waals surface area contributed by atoms with E-state index in [9.17, 15) is 9.59 Å². The van der Waals surface area contributed by atoms with Crippen LogP contribution in [0, 0.1) is 12.8 Å². The molecule has 2 rings (SSSR count). The Morgan fingerprint density at radius 1 is 1.18 bits per heavy atom. The van der Waals surface area contributed by atoms with Gasteiger partial charge >= 0.3 is 5.97 Å². The Hall–Kier alpha value is -2.14. The fraction of sp³-hybridized carbons (Fsp3) is 0.565. The van der Waals surface area contributed by atoms with Crippen LogP contribution in [0.15, 0.2) is 30.3 Å². The fourth-order valence-corrected chi connectivity index (χ4v) is 3.49. The van der Waals surface area contributed by atoms with Gasteiger partial charge in [-0.05, 0) is 63.9 Å². The zero-order valence-electron chi connectivity index (χ0n) is 17.5. The van der Waals surface area contributed by atoms with Crippen molar-refractivity contribution in [2.45, 2.75) is 39.5 Å². The third-order valence-corrected chi connectivity index (χ3v) is 5.26. The van der Waals surface area contributed by atoms with Crippen LogP contribution in [0.2, 0.25) is 0 Å². The van der Waals surface area contributed by atoms with Crippen molar-refractivity contribution in [3.05, 3.63) is 41.5 Å². The largest absolute Gasteiger partial charge is 0.469 e. The van der Waals surface area contributed by atoms with Crippen molar-refractivity contribution >= 4 is 18.0 Å². The first kappa shape index (κ1) is 22.2. The molecule has 1 amide bonds. The lowest BCUT2D eigenvalue weighted by molar-refractivity contribution is -0.146. The summed E-state index contributed by atoms with van der Waals surface area (Å²) in [5.74, 6) is -0.671. The highest BCUT2D eigenvalue weighted by atomic mass is 16.5. The summed E-state index contributed by atoms with van der Waals surface area (Å²) in [6.45, 7) is 8.37. The summed E-state index contributed by atoms with van der Waals surface area (Å²) in [4.78, 5) is 28.8. The summed E-state index contributed by atoms with van der Waals surface area (Å²) >= 11 is 0. The number of carbonyl (C=O) groups is 2. The van der Waals surface area contributed by atoms with Crippen LogP contribution in [0.5, 0.6) is 0 Å². The van der Waals surface area contributed by atoms with E-state index in [1.165, 1.54) is 38.6 Å². The number of aryl methyl sites for hydroxylation is 1. The van der Waals surface area contributed by atoms with Gasteiger partial charge in [-0.15, -0.1) is 0 Å². The normalized spacial score (nSPS) is 15.7. The summed E-state index contributed by atoms with van der Waals surface area (Å²) in [5.41, 5.74) is 2.18. The number of hydrogen-bond acceptors (Lipinski definition) is 4. The summed E-state index contributed by atoms with van der Waals surface area (Å²) < 4.78 is 4.82. The molecule has 0 aromatic heterocycles. The Morgan fingerprint density at radius 3 is 2.50 bits per heavy atom. The maximum Gasteiger partial charge on any atom is 0.310 e. The van der Waals surface area contributed by atoms with Gasteiger partial charge in [0, 0.05) is 19.2 Å². The highest BCUT2D eigenvalue weighted by molar-refractivity contribution is 5.92. The smallest absolute Gasteiger partial charge is 0.310 e. The summed E-state index contributed by atoms with van der Waals surface area (Å²) in [6.07, 6.45) is 8.04. The molecular weight excluding hydrogens is 352 g/mol. The number of benzene rings is 1. The minimum absolute atomic E-state index is 0.0579. The van der Waals surface area contributed by atoms with Crippen LogP contribution in [0.3, 0.4) is 0 Å². The molecule has 0 spiro atoms. The molecule has 1 aromatic rings. The number of methoxy groups -OCH3 is 1. The van der Waals surface area contributed by atoms with Crippen molar-refractivity contribution in [3.63, 3.8) is 0 Å². The summed E-state index contributed by atoms with van der Waals surface area (Å²) in [5, 5.41) is 0. The number of hydrogen-bond donors (Lipinski definition) is 0. The molecule has 28 heavy (non-hydrogen) atoms. The van der Waals surface area contributed by atoms with Gasteiger partial charge in [0.15, 0.2) is 0 Å². The third kappa shape index (κ3) is 7.47. The van der Waals surface area contributed by atoms with E-state index in [0.717, 1.165) is 24.9 Å². The predicted molar refractivity (Wildman–Crippen MR) is 113 cm³/mol. The fourth-order valence-electron chi connectivity index (χ4n) is 3.49. The van der Waals surface area contributed by atoms with Crippen molar-refractivity contribution in [2.24, 2.45) is 5.92 Å². The Kier molecular flexibility index (Phi) is 9.21. The molecule has 0 aliphatic carbocycles. The lowest BCUT2D eigenvalue weighted by Crippen LogP contribution is -2.37. The van der Waals surface area contributed by atoms with Crippen LogP contribution in [-0.4, -0.2) is 61.5 Å². The maximum absolute atomic E-state index is 12.8. The first-order valence-electron chi connectivity index (χ1n) is 10.3. The van der Waals surface area contributed by atoms with Gasteiger partial charge in [-0.2, -0.15) is 0 Å². The van der Waals surface area contributed by atoms with Crippen LogP contribution in [0.4, 0.5) is 0 Å². The number of carbonyl (C=O) groups excluding carboxylic acids is 2. The Labute approximate surface area is 169 Å². The minimum Gasteiger partial charge on any atom is -0.469 e. The van der Waals surface area contributed by atoms with E-state index in [2.05, 4.69) is 4.90 Å². The molecule has 1 aliphatic rings. The van der Waals surface area contributed by atoms with Crippen LogP contribution in [0.25, 0.3) is 6.08 Å². The summed E-state index contributed by atoms with van der Waals surface area (Å²) in [7, 11) is 1.39. The van der Waals surface area contributed by atoms with Gasteiger partial charge < -0.3 is 14.5 Å². The Bertz CT molecular complexity index is 648. The van der Waals surface area contributed by atoms with Crippen molar-refractivity contribution in [3.8, 4) is 0 Å². The number of esters is 1. The minimum atomic E-state index is -0.333. The maximum atomic E-state index is 12.8. The highest BCUT2D eigenvalue weighted by Gasteiger charge is 2.20. The number of nitrogens with zero attached hydrogens (tertiary/aromatic N) is 2.